The molecule has 1 aromatic rings. The van der Waals surface area contributed by atoms with Crippen molar-refractivity contribution in [1.29, 1.82) is 0 Å². The van der Waals surface area contributed by atoms with E-state index in [-0.39, 0.29) is 12.2 Å². The molecule has 1 aromatic carbocycles. The average molecular weight is 293 g/mol. The monoisotopic (exact) mass is 293 g/mol. The van der Waals surface area contributed by atoms with Gasteiger partial charge in [-0.05, 0) is 13.0 Å². The first-order valence-corrected chi connectivity index (χ1v) is 6.08. The number of alkyl halides is 3. The van der Waals surface area contributed by atoms with Gasteiger partial charge < -0.3 is 15.6 Å². The van der Waals surface area contributed by atoms with E-state index in [1.165, 1.54) is 25.1 Å². The predicted molar refractivity (Wildman–Crippen MR) is 63.2 cm³/mol. The van der Waals surface area contributed by atoms with Crippen LogP contribution in [0.3, 0.4) is 0 Å². The van der Waals surface area contributed by atoms with Gasteiger partial charge in [0.1, 0.15) is 5.82 Å². The van der Waals surface area contributed by atoms with Crippen molar-refractivity contribution in [1.82, 2.24) is 0 Å². The summed E-state index contributed by atoms with van der Waals surface area (Å²) < 4.78 is 57.3. The van der Waals surface area contributed by atoms with Crippen molar-refractivity contribution in [2.75, 3.05) is 6.61 Å². The van der Waals surface area contributed by atoms with Crippen molar-refractivity contribution in [3.63, 3.8) is 0 Å². The second kappa shape index (κ2) is 4.98. The highest BCUT2D eigenvalue weighted by molar-refractivity contribution is 5.29. The summed E-state index contributed by atoms with van der Waals surface area (Å²) in [6.07, 6.45) is -8.46. The Hall–Kier alpha value is -1.18. The summed E-state index contributed by atoms with van der Waals surface area (Å²) in [5, 5.41) is 9.54. The van der Waals surface area contributed by atoms with Gasteiger partial charge in [0.05, 0.1) is 18.2 Å². The van der Waals surface area contributed by atoms with Gasteiger partial charge in [-0.2, -0.15) is 13.2 Å². The first-order valence-electron chi connectivity index (χ1n) is 6.08. The fourth-order valence-corrected chi connectivity index (χ4v) is 2.73. The summed E-state index contributed by atoms with van der Waals surface area (Å²) >= 11 is 0. The molecular formula is C13H15F4NO2. The quantitative estimate of drug-likeness (QED) is 0.819. The van der Waals surface area contributed by atoms with Crippen molar-refractivity contribution < 1.29 is 27.4 Å². The van der Waals surface area contributed by atoms with Gasteiger partial charge in [-0.1, -0.05) is 18.2 Å². The minimum absolute atomic E-state index is 0.0855. The maximum Gasteiger partial charge on any atom is 0.414 e. The minimum atomic E-state index is -4.84. The van der Waals surface area contributed by atoms with E-state index in [2.05, 4.69) is 0 Å². The van der Waals surface area contributed by atoms with E-state index in [1.807, 2.05) is 0 Å². The molecule has 20 heavy (non-hydrogen) atoms. The zero-order chi connectivity index (χ0) is 15.1. The molecule has 0 aromatic heterocycles. The molecule has 0 bridgehead atoms. The molecule has 0 radical (unpaired) electrons. The molecule has 1 aliphatic rings. The van der Waals surface area contributed by atoms with Gasteiger partial charge >= 0.3 is 6.18 Å². The van der Waals surface area contributed by atoms with Crippen LogP contribution in [-0.2, 0) is 10.3 Å². The van der Waals surface area contributed by atoms with Gasteiger partial charge in [-0.15, -0.1) is 0 Å². The van der Waals surface area contributed by atoms with E-state index in [9.17, 15) is 22.7 Å². The fraction of sp³-hybridized carbons (Fsp3) is 0.538. The second-order valence-electron chi connectivity index (χ2n) is 5.05. The third kappa shape index (κ3) is 2.41. The molecule has 3 N–H and O–H groups in total. The van der Waals surface area contributed by atoms with Crippen LogP contribution < -0.4 is 5.73 Å². The van der Waals surface area contributed by atoms with Gasteiger partial charge in [-0.3, -0.25) is 0 Å². The molecule has 2 unspecified atom stereocenters. The Balaban J connectivity index is 2.46. The van der Waals surface area contributed by atoms with E-state index < -0.39 is 35.7 Å². The lowest BCUT2D eigenvalue weighted by atomic mass is 9.75. The number of hydrogen-bond donors (Lipinski definition) is 2. The Morgan fingerprint density at radius 1 is 1.40 bits per heavy atom. The highest BCUT2D eigenvalue weighted by Crippen LogP contribution is 2.44. The van der Waals surface area contributed by atoms with E-state index in [0.29, 0.717) is 0 Å². The number of aliphatic hydroxyl groups excluding tert-OH is 1. The standard InChI is InChI=1S/C13H15F4NO2/c1-7-10(11(19)13(15,16)17)12(18,6-20-7)8-4-2-3-5-9(8)14/h2-5,7,10-11,19H,6,18H2,1H3/t7-,10+,11?,12?/m1/s1. The number of ether oxygens (including phenoxy) is 1. The Kier molecular flexibility index (Phi) is 3.79. The molecular weight excluding hydrogens is 278 g/mol. The molecule has 7 heteroatoms. The molecule has 0 aliphatic carbocycles. The first kappa shape index (κ1) is 15.2. The largest absolute Gasteiger partial charge is 0.414 e. The zero-order valence-corrected chi connectivity index (χ0v) is 10.7. The molecule has 1 heterocycles. The molecule has 4 atom stereocenters. The maximum absolute atomic E-state index is 13.8. The number of nitrogens with two attached hydrogens (primary N) is 1. The molecule has 0 amide bonds. The van der Waals surface area contributed by atoms with Crippen LogP contribution in [0.4, 0.5) is 17.6 Å². The van der Waals surface area contributed by atoms with E-state index in [0.717, 1.165) is 6.07 Å². The summed E-state index contributed by atoms with van der Waals surface area (Å²) in [7, 11) is 0. The second-order valence-corrected chi connectivity index (χ2v) is 5.05. The SMILES string of the molecule is C[C@H]1OCC(N)(c2ccccc2F)[C@@H]1C(O)C(F)(F)F. The average Bonchev–Trinajstić information content (AvgIpc) is 2.65. The Morgan fingerprint density at radius 3 is 2.55 bits per heavy atom. The number of benzene rings is 1. The van der Waals surface area contributed by atoms with E-state index >= 15 is 0 Å². The molecule has 1 saturated heterocycles. The van der Waals surface area contributed by atoms with Crippen LogP contribution in [0.15, 0.2) is 24.3 Å². The molecule has 0 saturated carbocycles. The summed E-state index contributed by atoms with van der Waals surface area (Å²) in [6, 6.07) is 5.32. The third-order valence-electron chi connectivity index (χ3n) is 3.74. The number of rotatable bonds is 2. The van der Waals surface area contributed by atoms with Gasteiger partial charge in [0, 0.05) is 11.5 Å². The smallest absolute Gasteiger partial charge is 0.383 e. The van der Waals surface area contributed by atoms with Crippen LogP contribution in [0.5, 0.6) is 0 Å². The van der Waals surface area contributed by atoms with Crippen molar-refractivity contribution in [3.05, 3.63) is 35.6 Å². The molecule has 1 fully saturated rings. The van der Waals surface area contributed by atoms with Crippen molar-refractivity contribution in [2.45, 2.75) is 30.8 Å². The van der Waals surface area contributed by atoms with Crippen LogP contribution in [0.2, 0.25) is 0 Å². The highest BCUT2D eigenvalue weighted by atomic mass is 19.4. The topological polar surface area (TPSA) is 55.5 Å². The number of hydrogen-bond acceptors (Lipinski definition) is 3. The van der Waals surface area contributed by atoms with Crippen LogP contribution in [0.1, 0.15) is 12.5 Å². The van der Waals surface area contributed by atoms with Crippen molar-refractivity contribution in [2.24, 2.45) is 11.7 Å². The lowest BCUT2D eigenvalue weighted by Crippen LogP contribution is -2.54. The molecule has 112 valence electrons. The summed E-state index contributed by atoms with van der Waals surface area (Å²) in [5.41, 5.74) is 4.18. The summed E-state index contributed by atoms with van der Waals surface area (Å²) in [6.45, 7) is 1.10. The Morgan fingerprint density at radius 2 is 2.00 bits per heavy atom. The zero-order valence-electron chi connectivity index (χ0n) is 10.7. The van der Waals surface area contributed by atoms with Crippen LogP contribution in [0.25, 0.3) is 0 Å². The van der Waals surface area contributed by atoms with Gasteiger partial charge in [0.15, 0.2) is 6.10 Å². The maximum atomic E-state index is 13.8. The van der Waals surface area contributed by atoms with Crippen molar-refractivity contribution >= 4 is 0 Å². The summed E-state index contributed by atoms with van der Waals surface area (Å²) in [5.74, 6) is -2.19. The van der Waals surface area contributed by atoms with Crippen LogP contribution in [0, 0.1) is 11.7 Å². The number of aliphatic hydroxyl groups is 1. The van der Waals surface area contributed by atoms with Crippen LogP contribution >= 0.6 is 0 Å². The Bertz CT molecular complexity index is 494. The normalized spacial score (nSPS) is 32.4. The first-order chi connectivity index (χ1) is 9.18. The molecule has 1 aliphatic heterocycles. The lowest BCUT2D eigenvalue weighted by Gasteiger charge is -2.35. The lowest BCUT2D eigenvalue weighted by molar-refractivity contribution is -0.227. The molecule has 0 spiro atoms. The van der Waals surface area contributed by atoms with E-state index in [4.69, 9.17) is 10.5 Å². The van der Waals surface area contributed by atoms with Crippen molar-refractivity contribution in [3.8, 4) is 0 Å². The predicted octanol–water partition coefficient (Wildman–Crippen LogP) is 1.94. The van der Waals surface area contributed by atoms with Gasteiger partial charge in [-0.25, -0.2) is 4.39 Å². The molecule has 3 nitrogen and oxygen atoms in total. The number of halogens is 4. The molecule has 2 rings (SSSR count). The highest BCUT2D eigenvalue weighted by Gasteiger charge is 2.58. The van der Waals surface area contributed by atoms with E-state index in [1.54, 1.807) is 0 Å². The third-order valence-corrected chi connectivity index (χ3v) is 3.74. The van der Waals surface area contributed by atoms with Crippen LogP contribution in [-0.4, -0.2) is 30.1 Å². The minimum Gasteiger partial charge on any atom is -0.383 e. The van der Waals surface area contributed by atoms with Gasteiger partial charge in [0.2, 0.25) is 0 Å². The van der Waals surface area contributed by atoms with Gasteiger partial charge in [0.25, 0.3) is 0 Å². The summed E-state index contributed by atoms with van der Waals surface area (Å²) in [4.78, 5) is 0. The fourth-order valence-electron chi connectivity index (χ4n) is 2.73. The Labute approximate surface area is 113 Å².